The van der Waals surface area contributed by atoms with E-state index in [0.717, 1.165) is 10.0 Å². The molecule has 0 unspecified atom stereocenters. The van der Waals surface area contributed by atoms with E-state index in [1.165, 1.54) is 9.21 Å². The molecule has 2 aromatic rings. The topological polar surface area (TPSA) is 57.7 Å². The smallest absolute Gasteiger partial charge is 0.265 e. The fraction of sp³-hybridized carbons (Fsp3) is 0.188. The Hall–Kier alpha value is -1.86. The average Bonchev–Trinajstić information content (AvgIpc) is 2.51. The molecule has 0 radical (unpaired) electrons. The molecule has 0 aliphatic carbocycles. The lowest BCUT2D eigenvalue weighted by Crippen LogP contribution is -2.42. The van der Waals surface area contributed by atoms with Crippen molar-refractivity contribution in [1.29, 1.82) is 0 Å². The first kappa shape index (κ1) is 16.0. The Morgan fingerprint density at radius 1 is 1.13 bits per heavy atom. The molecule has 1 amide bonds. The van der Waals surface area contributed by atoms with E-state index < -0.39 is 10.0 Å². The van der Waals surface area contributed by atoms with Gasteiger partial charge in [-0.3, -0.25) is 9.10 Å². The molecule has 5 nitrogen and oxygen atoms in total. The maximum Gasteiger partial charge on any atom is 0.265 e. The Morgan fingerprint density at radius 3 is 2.52 bits per heavy atom. The van der Waals surface area contributed by atoms with E-state index in [1.54, 1.807) is 50.5 Å². The van der Waals surface area contributed by atoms with Crippen LogP contribution in [0.3, 0.4) is 0 Å². The Morgan fingerprint density at radius 2 is 1.83 bits per heavy atom. The maximum atomic E-state index is 13.0. The molecule has 2 aromatic carbocycles. The minimum atomic E-state index is -3.77. The van der Waals surface area contributed by atoms with Gasteiger partial charge in [0.05, 0.1) is 10.6 Å². The van der Waals surface area contributed by atoms with Crippen molar-refractivity contribution in [3.05, 3.63) is 46.9 Å². The molecular weight excluding hydrogens is 380 g/mol. The van der Waals surface area contributed by atoms with Gasteiger partial charge in [0.2, 0.25) is 5.91 Å². The first-order valence-corrected chi connectivity index (χ1v) is 9.17. The van der Waals surface area contributed by atoms with E-state index in [1.807, 2.05) is 6.07 Å². The highest BCUT2D eigenvalue weighted by atomic mass is 79.9. The molecule has 3 rings (SSSR count). The normalized spacial score (nSPS) is 14.8. The van der Waals surface area contributed by atoms with Crippen molar-refractivity contribution in [2.24, 2.45) is 0 Å². The predicted octanol–water partition coefficient (Wildman–Crippen LogP) is 2.71. The number of likely N-dealkylation sites (N-methyl/N-ethyl adjacent to an activating group) is 1. The van der Waals surface area contributed by atoms with Crippen molar-refractivity contribution >= 4 is 37.5 Å². The summed E-state index contributed by atoms with van der Waals surface area (Å²) in [7, 11) is -0.554. The van der Waals surface area contributed by atoms with Crippen LogP contribution in [-0.2, 0) is 14.8 Å². The van der Waals surface area contributed by atoms with Crippen LogP contribution in [0, 0.1) is 0 Å². The molecule has 0 fully saturated rings. The van der Waals surface area contributed by atoms with Crippen LogP contribution in [0.2, 0.25) is 0 Å². The third-order valence-corrected chi connectivity index (χ3v) is 6.06. The van der Waals surface area contributed by atoms with E-state index in [9.17, 15) is 13.2 Å². The standard InChI is InChI=1S/C16H15BrN2O3S/c1-18(2)16(20)10-19-14-8-7-11(17)9-13(14)12-5-3-4-6-15(12)23(19,21)22/h3-9H,10H2,1-2H3. The number of amides is 1. The highest BCUT2D eigenvalue weighted by Gasteiger charge is 2.36. The van der Waals surface area contributed by atoms with Crippen LogP contribution in [0.5, 0.6) is 0 Å². The average molecular weight is 395 g/mol. The van der Waals surface area contributed by atoms with Gasteiger partial charge in [0.25, 0.3) is 10.0 Å². The number of sulfonamides is 1. The number of nitrogens with zero attached hydrogens (tertiary/aromatic N) is 2. The summed E-state index contributed by atoms with van der Waals surface area (Å²) >= 11 is 3.42. The molecule has 0 N–H and O–H groups in total. The van der Waals surface area contributed by atoms with Crippen LogP contribution in [0.15, 0.2) is 51.8 Å². The van der Waals surface area contributed by atoms with E-state index in [0.29, 0.717) is 11.3 Å². The molecule has 23 heavy (non-hydrogen) atoms. The fourth-order valence-electron chi connectivity index (χ4n) is 2.54. The molecule has 1 heterocycles. The lowest BCUT2D eigenvalue weighted by Gasteiger charge is -2.32. The summed E-state index contributed by atoms with van der Waals surface area (Å²) in [5.41, 5.74) is 1.95. The number of anilines is 1. The third kappa shape index (κ3) is 2.64. The molecule has 1 aliphatic heterocycles. The van der Waals surface area contributed by atoms with Crippen molar-refractivity contribution in [2.45, 2.75) is 4.90 Å². The number of carbonyl (C=O) groups is 1. The SMILES string of the molecule is CN(C)C(=O)CN1c2ccc(Br)cc2-c2ccccc2S1(=O)=O. The number of halogens is 1. The zero-order valence-electron chi connectivity index (χ0n) is 12.7. The minimum Gasteiger partial charge on any atom is -0.347 e. The molecule has 0 saturated carbocycles. The second kappa shape index (κ2) is 5.65. The van der Waals surface area contributed by atoms with Gasteiger partial charge in [-0.15, -0.1) is 0 Å². The fourth-order valence-corrected chi connectivity index (χ4v) is 4.54. The third-order valence-electron chi connectivity index (χ3n) is 3.75. The summed E-state index contributed by atoms with van der Waals surface area (Å²) in [6, 6.07) is 12.2. The highest BCUT2D eigenvalue weighted by molar-refractivity contribution is 9.10. The molecule has 0 bridgehead atoms. The predicted molar refractivity (Wildman–Crippen MR) is 92.8 cm³/mol. The first-order valence-electron chi connectivity index (χ1n) is 6.94. The molecule has 0 aromatic heterocycles. The van der Waals surface area contributed by atoms with Crippen LogP contribution in [-0.4, -0.2) is 39.9 Å². The molecular formula is C16H15BrN2O3S. The minimum absolute atomic E-state index is 0.220. The monoisotopic (exact) mass is 394 g/mol. The van der Waals surface area contributed by atoms with Crippen LogP contribution in [0.1, 0.15) is 0 Å². The number of fused-ring (bicyclic) bond motifs is 3. The Labute approximate surface area is 143 Å². The Balaban J connectivity index is 2.25. The number of hydrogen-bond donors (Lipinski definition) is 0. The van der Waals surface area contributed by atoms with Crippen molar-refractivity contribution in [3.8, 4) is 11.1 Å². The molecule has 0 spiro atoms. The Kier molecular flexibility index (Phi) is 3.93. The molecule has 1 aliphatic rings. The second-order valence-electron chi connectivity index (χ2n) is 5.46. The van der Waals surface area contributed by atoms with Gasteiger partial charge in [0.15, 0.2) is 0 Å². The van der Waals surface area contributed by atoms with Crippen LogP contribution in [0.25, 0.3) is 11.1 Å². The summed E-state index contributed by atoms with van der Waals surface area (Å²) in [5, 5.41) is 0. The van der Waals surface area contributed by atoms with E-state index in [-0.39, 0.29) is 17.3 Å². The van der Waals surface area contributed by atoms with Gasteiger partial charge in [0, 0.05) is 29.7 Å². The van der Waals surface area contributed by atoms with Crippen molar-refractivity contribution in [2.75, 3.05) is 24.9 Å². The second-order valence-corrected chi connectivity index (χ2v) is 8.20. The zero-order valence-corrected chi connectivity index (χ0v) is 15.1. The van der Waals surface area contributed by atoms with Crippen molar-refractivity contribution in [1.82, 2.24) is 4.90 Å². The number of benzene rings is 2. The first-order chi connectivity index (χ1) is 10.8. The number of carbonyl (C=O) groups excluding carboxylic acids is 1. The summed E-state index contributed by atoms with van der Waals surface area (Å²) in [6.07, 6.45) is 0. The van der Waals surface area contributed by atoms with Gasteiger partial charge in [-0.2, -0.15) is 0 Å². The summed E-state index contributed by atoms with van der Waals surface area (Å²) in [6.45, 7) is -0.224. The quantitative estimate of drug-likeness (QED) is 0.786. The molecule has 0 saturated heterocycles. The van der Waals surface area contributed by atoms with Crippen LogP contribution in [0.4, 0.5) is 5.69 Å². The largest absolute Gasteiger partial charge is 0.347 e. The van der Waals surface area contributed by atoms with Gasteiger partial charge in [-0.1, -0.05) is 34.1 Å². The van der Waals surface area contributed by atoms with E-state index in [4.69, 9.17) is 0 Å². The van der Waals surface area contributed by atoms with Crippen LogP contribution < -0.4 is 4.31 Å². The van der Waals surface area contributed by atoms with Crippen LogP contribution >= 0.6 is 15.9 Å². The number of hydrogen-bond acceptors (Lipinski definition) is 3. The highest BCUT2D eigenvalue weighted by Crippen LogP contribution is 2.43. The molecule has 120 valence electrons. The lowest BCUT2D eigenvalue weighted by atomic mass is 10.0. The molecule has 0 atom stereocenters. The van der Waals surface area contributed by atoms with E-state index in [2.05, 4.69) is 15.9 Å². The van der Waals surface area contributed by atoms with Gasteiger partial charge >= 0.3 is 0 Å². The van der Waals surface area contributed by atoms with Crippen molar-refractivity contribution in [3.63, 3.8) is 0 Å². The number of rotatable bonds is 2. The lowest BCUT2D eigenvalue weighted by molar-refractivity contribution is -0.127. The zero-order chi connectivity index (χ0) is 16.8. The van der Waals surface area contributed by atoms with Gasteiger partial charge < -0.3 is 4.90 Å². The summed E-state index contributed by atoms with van der Waals surface area (Å²) < 4.78 is 27.9. The van der Waals surface area contributed by atoms with Gasteiger partial charge in [-0.05, 0) is 24.3 Å². The van der Waals surface area contributed by atoms with E-state index >= 15 is 0 Å². The van der Waals surface area contributed by atoms with Gasteiger partial charge in [-0.25, -0.2) is 8.42 Å². The summed E-state index contributed by atoms with van der Waals surface area (Å²) in [5.74, 6) is -0.276. The molecule has 7 heteroatoms. The summed E-state index contributed by atoms with van der Waals surface area (Å²) in [4.78, 5) is 13.7. The van der Waals surface area contributed by atoms with Gasteiger partial charge in [0.1, 0.15) is 6.54 Å². The maximum absolute atomic E-state index is 13.0. The van der Waals surface area contributed by atoms with Crippen molar-refractivity contribution < 1.29 is 13.2 Å². The Bertz CT molecular complexity index is 894.